The highest BCUT2D eigenvalue weighted by Gasteiger charge is 2.17. The van der Waals surface area contributed by atoms with Gasteiger partial charge in [0.1, 0.15) is 0 Å². The van der Waals surface area contributed by atoms with Crippen molar-refractivity contribution in [3.05, 3.63) is 23.5 Å². The molecule has 0 aliphatic carbocycles. The number of piperidine rings is 1. The highest BCUT2D eigenvalue weighted by molar-refractivity contribution is 14.0. The minimum Gasteiger partial charge on any atom is -0.370 e. The fraction of sp³-hybridized carbons (Fsp3) is 0.538. The smallest absolute Gasteiger partial charge is 0.193 e. The molecule has 1 aliphatic heterocycles. The van der Waals surface area contributed by atoms with Gasteiger partial charge in [0.05, 0.1) is 12.2 Å². The molecular formula is C13H20IN5S. The van der Waals surface area contributed by atoms with E-state index in [-0.39, 0.29) is 24.0 Å². The quantitative estimate of drug-likeness (QED) is 0.475. The lowest BCUT2D eigenvalue weighted by Gasteiger charge is -2.31. The average Bonchev–Trinajstić information content (AvgIpc) is 2.96. The van der Waals surface area contributed by atoms with E-state index in [0.29, 0.717) is 18.4 Å². The van der Waals surface area contributed by atoms with Crippen molar-refractivity contribution >= 4 is 46.2 Å². The summed E-state index contributed by atoms with van der Waals surface area (Å²) in [5, 5.41) is 2.03. The van der Waals surface area contributed by atoms with Crippen LogP contribution in [0.3, 0.4) is 0 Å². The Morgan fingerprint density at radius 3 is 3.20 bits per heavy atom. The molecule has 1 aliphatic rings. The van der Waals surface area contributed by atoms with Gasteiger partial charge in [-0.25, -0.2) is 9.98 Å². The van der Waals surface area contributed by atoms with Gasteiger partial charge in [0.15, 0.2) is 10.9 Å². The zero-order chi connectivity index (χ0) is 13.2. The molecule has 2 aromatic heterocycles. The van der Waals surface area contributed by atoms with Crippen molar-refractivity contribution in [2.24, 2.45) is 16.6 Å². The van der Waals surface area contributed by atoms with Gasteiger partial charge in [-0.05, 0) is 18.8 Å². The van der Waals surface area contributed by atoms with Crippen molar-refractivity contribution in [3.8, 4) is 0 Å². The van der Waals surface area contributed by atoms with E-state index in [2.05, 4.69) is 21.8 Å². The van der Waals surface area contributed by atoms with E-state index in [1.54, 1.807) is 11.3 Å². The van der Waals surface area contributed by atoms with Gasteiger partial charge in [0.25, 0.3) is 0 Å². The van der Waals surface area contributed by atoms with Crippen LogP contribution in [0.5, 0.6) is 0 Å². The molecule has 7 heteroatoms. The Balaban J connectivity index is 0.00000147. The Morgan fingerprint density at radius 2 is 2.45 bits per heavy atom. The molecule has 1 atom stereocenters. The Labute approximate surface area is 139 Å². The molecule has 3 heterocycles. The number of hydrogen-bond donors (Lipinski definition) is 1. The molecule has 2 N–H and O–H groups in total. The number of likely N-dealkylation sites (tertiary alicyclic amines) is 1. The molecule has 1 unspecified atom stereocenters. The van der Waals surface area contributed by atoms with Crippen LogP contribution in [-0.2, 0) is 6.54 Å². The van der Waals surface area contributed by atoms with Crippen LogP contribution >= 0.6 is 35.3 Å². The van der Waals surface area contributed by atoms with Gasteiger partial charge in [-0.15, -0.1) is 35.3 Å². The van der Waals surface area contributed by atoms with E-state index >= 15 is 0 Å². The topological polar surface area (TPSA) is 58.9 Å². The van der Waals surface area contributed by atoms with E-state index in [1.165, 1.54) is 12.8 Å². The molecule has 110 valence electrons. The van der Waals surface area contributed by atoms with Crippen LogP contribution in [-0.4, -0.2) is 33.3 Å². The van der Waals surface area contributed by atoms with Gasteiger partial charge in [-0.2, -0.15) is 0 Å². The van der Waals surface area contributed by atoms with Gasteiger partial charge < -0.3 is 10.6 Å². The highest BCUT2D eigenvalue weighted by atomic mass is 127. The van der Waals surface area contributed by atoms with Crippen LogP contribution in [0.1, 0.15) is 25.5 Å². The van der Waals surface area contributed by atoms with Gasteiger partial charge in [0.2, 0.25) is 0 Å². The molecule has 0 saturated carbocycles. The molecule has 1 fully saturated rings. The van der Waals surface area contributed by atoms with E-state index < -0.39 is 0 Å². The second-order valence-electron chi connectivity index (χ2n) is 5.19. The Hall–Kier alpha value is -0.830. The van der Waals surface area contributed by atoms with E-state index in [0.717, 1.165) is 23.7 Å². The van der Waals surface area contributed by atoms with Gasteiger partial charge in [-0.3, -0.25) is 4.40 Å². The molecular weight excluding hydrogens is 385 g/mol. The molecule has 0 amide bonds. The van der Waals surface area contributed by atoms with E-state index in [9.17, 15) is 0 Å². The molecule has 1 saturated heterocycles. The van der Waals surface area contributed by atoms with Crippen molar-refractivity contribution in [1.29, 1.82) is 0 Å². The van der Waals surface area contributed by atoms with Crippen molar-refractivity contribution in [3.63, 3.8) is 0 Å². The van der Waals surface area contributed by atoms with Crippen LogP contribution in [0.15, 0.2) is 22.8 Å². The minimum atomic E-state index is 0. The summed E-state index contributed by atoms with van der Waals surface area (Å²) >= 11 is 1.63. The number of aliphatic imine (C=N–C) groups is 1. The fourth-order valence-electron chi connectivity index (χ4n) is 2.51. The third-order valence-corrected chi connectivity index (χ3v) is 4.30. The lowest BCUT2D eigenvalue weighted by atomic mass is 10.0. The number of hydrogen-bond acceptors (Lipinski definition) is 3. The van der Waals surface area contributed by atoms with Crippen molar-refractivity contribution < 1.29 is 0 Å². The van der Waals surface area contributed by atoms with Gasteiger partial charge >= 0.3 is 0 Å². The largest absolute Gasteiger partial charge is 0.370 e. The maximum Gasteiger partial charge on any atom is 0.193 e. The molecule has 0 spiro atoms. The molecule has 0 aromatic carbocycles. The van der Waals surface area contributed by atoms with Crippen molar-refractivity contribution in [1.82, 2.24) is 14.3 Å². The molecule has 3 rings (SSSR count). The molecule has 20 heavy (non-hydrogen) atoms. The Kier molecular flexibility index (Phi) is 5.25. The summed E-state index contributed by atoms with van der Waals surface area (Å²) in [6, 6.07) is 0. The summed E-state index contributed by atoms with van der Waals surface area (Å²) in [6.07, 6.45) is 6.52. The third kappa shape index (κ3) is 3.43. The first-order valence-electron chi connectivity index (χ1n) is 6.68. The number of guanidine groups is 1. The molecule has 0 bridgehead atoms. The molecule has 5 nitrogen and oxygen atoms in total. The summed E-state index contributed by atoms with van der Waals surface area (Å²) in [7, 11) is 0. The fourth-order valence-corrected chi connectivity index (χ4v) is 3.23. The van der Waals surface area contributed by atoms with E-state index in [1.807, 2.05) is 22.2 Å². The first kappa shape index (κ1) is 15.6. The number of nitrogens with zero attached hydrogens (tertiary/aromatic N) is 4. The number of imidazole rings is 1. The maximum atomic E-state index is 6.07. The third-order valence-electron chi connectivity index (χ3n) is 3.53. The standard InChI is InChI=1S/C13H19N5S.HI/c1-10-3-2-4-17(8-10)12(14)15-7-11-9-18-5-6-19-13(18)16-11;/h5-6,9-10H,2-4,7-8H2,1H3,(H2,14,15);1H. The number of halogens is 1. The number of rotatable bonds is 2. The zero-order valence-corrected chi connectivity index (χ0v) is 14.7. The van der Waals surface area contributed by atoms with Gasteiger partial charge in [0, 0.05) is 30.9 Å². The lowest BCUT2D eigenvalue weighted by Crippen LogP contribution is -2.43. The minimum absolute atomic E-state index is 0. The normalized spacial score (nSPS) is 20.1. The summed E-state index contributed by atoms with van der Waals surface area (Å²) in [6.45, 7) is 4.87. The lowest BCUT2D eigenvalue weighted by molar-refractivity contribution is 0.270. The van der Waals surface area contributed by atoms with Crippen LogP contribution in [0, 0.1) is 5.92 Å². The second-order valence-corrected chi connectivity index (χ2v) is 6.07. The van der Waals surface area contributed by atoms with Crippen molar-refractivity contribution in [2.75, 3.05) is 13.1 Å². The van der Waals surface area contributed by atoms with Gasteiger partial charge in [-0.1, -0.05) is 6.92 Å². The summed E-state index contributed by atoms with van der Waals surface area (Å²) in [5.74, 6) is 1.36. The number of thiazole rings is 1. The van der Waals surface area contributed by atoms with Crippen LogP contribution in [0.2, 0.25) is 0 Å². The maximum absolute atomic E-state index is 6.07. The van der Waals surface area contributed by atoms with Crippen LogP contribution in [0.4, 0.5) is 0 Å². The van der Waals surface area contributed by atoms with Crippen LogP contribution in [0.25, 0.3) is 4.96 Å². The SMILES string of the molecule is CC1CCCN(C(N)=NCc2cn3ccsc3n2)C1.I. The summed E-state index contributed by atoms with van der Waals surface area (Å²) < 4.78 is 2.02. The van der Waals surface area contributed by atoms with E-state index in [4.69, 9.17) is 5.73 Å². The highest BCUT2D eigenvalue weighted by Crippen LogP contribution is 2.15. The predicted molar refractivity (Wildman–Crippen MR) is 93.8 cm³/mol. The Bertz CT molecular complexity index is 562. The zero-order valence-electron chi connectivity index (χ0n) is 11.5. The number of nitrogens with two attached hydrogens (primary N) is 1. The van der Waals surface area contributed by atoms with Crippen molar-refractivity contribution in [2.45, 2.75) is 26.3 Å². The first-order valence-corrected chi connectivity index (χ1v) is 7.56. The second kappa shape index (κ2) is 6.75. The number of fused-ring (bicyclic) bond motifs is 1. The summed E-state index contributed by atoms with van der Waals surface area (Å²) in [5.41, 5.74) is 7.04. The number of aromatic nitrogens is 2. The monoisotopic (exact) mass is 405 g/mol. The van der Waals surface area contributed by atoms with Crippen LogP contribution < -0.4 is 5.73 Å². The Morgan fingerprint density at radius 1 is 1.60 bits per heavy atom. The summed E-state index contributed by atoms with van der Waals surface area (Å²) in [4.78, 5) is 12.2. The first-order chi connectivity index (χ1) is 9.22. The predicted octanol–water partition coefficient (Wildman–Crippen LogP) is 2.56. The molecule has 2 aromatic rings. The molecule has 0 radical (unpaired) electrons. The average molecular weight is 405 g/mol.